The van der Waals surface area contributed by atoms with Gasteiger partial charge < -0.3 is 9.47 Å². The van der Waals surface area contributed by atoms with E-state index < -0.39 is 5.54 Å². The Balaban J connectivity index is 2.13. The van der Waals surface area contributed by atoms with E-state index in [0.29, 0.717) is 19.6 Å². The number of carbonyl (C=O) groups excluding carboxylic acids is 2. The van der Waals surface area contributed by atoms with Crippen LogP contribution in [0.2, 0.25) is 0 Å². The van der Waals surface area contributed by atoms with Gasteiger partial charge in [0.1, 0.15) is 0 Å². The Morgan fingerprint density at radius 3 is 2.30 bits per heavy atom. The Morgan fingerprint density at radius 1 is 1.00 bits per heavy atom. The lowest BCUT2D eigenvalue weighted by Gasteiger charge is -2.27. The van der Waals surface area contributed by atoms with Crippen molar-refractivity contribution in [2.45, 2.75) is 71.3 Å². The highest BCUT2D eigenvalue weighted by Gasteiger charge is 2.41. The molecule has 0 N–H and O–H groups in total. The molecule has 148 valence electrons. The minimum atomic E-state index is -0.742. The molecule has 1 atom stereocenters. The van der Waals surface area contributed by atoms with Crippen molar-refractivity contribution in [1.82, 2.24) is 0 Å². The van der Waals surface area contributed by atoms with E-state index in [1.807, 2.05) is 31.2 Å². The zero-order valence-electron chi connectivity index (χ0n) is 16.8. The van der Waals surface area contributed by atoms with Crippen LogP contribution in [0.25, 0.3) is 0 Å². The normalized spacial score (nSPS) is 18.0. The maximum absolute atomic E-state index is 12.4. The number of hydrogen-bond acceptors (Lipinski definition) is 5. The second-order valence-corrected chi connectivity index (χ2v) is 7.10. The van der Waals surface area contributed by atoms with Crippen LogP contribution in [0.5, 0.6) is 0 Å². The van der Waals surface area contributed by atoms with E-state index in [2.05, 4.69) is 13.8 Å². The van der Waals surface area contributed by atoms with Gasteiger partial charge in [0, 0.05) is 17.7 Å². The molecule has 1 aliphatic heterocycles. The van der Waals surface area contributed by atoms with Gasteiger partial charge in [0.05, 0.1) is 25.2 Å². The molecule has 0 spiro atoms. The quantitative estimate of drug-likeness (QED) is 0.421. The van der Waals surface area contributed by atoms with Gasteiger partial charge in [-0.15, -0.1) is 0 Å². The number of carbonyl (C=O) groups is 2. The molecule has 0 radical (unpaired) electrons. The molecular weight excluding hydrogens is 342 g/mol. The first-order chi connectivity index (χ1) is 13.0. The molecule has 0 aromatic heterocycles. The van der Waals surface area contributed by atoms with Crippen molar-refractivity contribution in [3.05, 3.63) is 35.4 Å². The predicted molar refractivity (Wildman–Crippen MR) is 106 cm³/mol. The summed E-state index contributed by atoms with van der Waals surface area (Å²) >= 11 is 0. The number of fused-ring (bicyclic) bond motifs is 1. The smallest absolute Gasteiger partial charge is 0.308 e. The lowest BCUT2D eigenvalue weighted by Crippen LogP contribution is -2.28. The SMILES string of the molecule is CCCCOC(=O)CCC1(CC(=O)OCCCC)N=C(C)c2ccccc21. The van der Waals surface area contributed by atoms with Crippen LogP contribution in [0.3, 0.4) is 0 Å². The van der Waals surface area contributed by atoms with Crippen molar-refractivity contribution in [1.29, 1.82) is 0 Å². The van der Waals surface area contributed by atoms with Gasteiger partial charge in [0.2, 0.25) is 0 Å². The van der Waals surface area contributed by atoms with E-state index in [-0.39, 0.29) is 24.8 Å². The minimum absolute atomic E-state index is 0.146. The van der Waals surface area contributed by atoms with E-state index in [1.54, 1.807) is 0 Å². The topological polar surface area (TPSA) is 65.0 Å². The fourth-order valence-corrected chi connectivity index (χ4v) is 3.39. The van der Waals surface area contributed by atoms with E-state index in [1.165, 1.54) is 0 Å². The number of aliphatic imine (C=N–C) groups is 1. The third kappa shape index (κ3) is 5.65. The zero-order chi connectivity index (χ0) is 19.7. The van der Waals surface area contributed by atoms with Crippen LogP contribution in [0.1, 0.15) is 76.8 Å². The Hall–Kier alpha value is -2.17. The summed E-state index contributed by atoms with van der Waals surface area (Å²) in [6.45, 7) is 6.93. The molecule has 0 fully saturated rings. The highest BCUT2D eigenvalue weighted by molar-refractivity contribution is 6.03. The Labute approximate surface area is 162 Å². The Morgan fingerprint density at radius 2 is 1.63 bits per heavy atom. The van der Waals surface area contributed by atoms with E-state index in [0.717, 1.165) is 42.5 Å². The Bertz CT molecular complexity index is 683. The average Bonchev–Trinajstić information content (AvgIpc) is 2.93. The van der Waals surface area contributed by atoms with Gasteiger partial charge in [0.25, 0.3) is 0 Å². The molecule has 0 saturated carbocycles. The molecule has 5 heteroatoms. The van der Waals surface area contributed by atoms with Crippen molar-refractivity contribution in [3.63, 3.8) is 0 Å². The highest BCUT2D eigenvalue weighted by Crippen LogP contribution is 2.42. The maximum atomic E-state index is 12.4. The summed E-state index contributed by atoms with van der Waals surface area (Å²) < 4.78 is 10.7. The summed E-state index contributed by atoms with van der Waals surface area (Å²) in [5.74, 6) is -0.504. The van der Waals surface area contributed by atoms with Gasteiger partial charge in [-0.25, -0.2) is 0 Å². The molecule has 1 aromatic carbocycles. The van der Waals surface area contributed by atoms with Crippen molar-refractivity contribution < 1.29 is 19.1 Å². The molecule has 5 nitrogen and oxygen atoms in total. The number of unbranched alkanes of at least 4 members (excludes halogenated alkanes) is 2. The number of hydrogen-bond donors (Lipinski definition) is 0. The van der Waals surface area contributed by atoms with Crippen molar-refractivity contribution in [2.75, 3.05) is 13.2 Å². The summed E-state index contributed by atoms with van der Waals surface area (Å²) in [4.78, 5) is 29.4. The van der Waals surface area contributed by atoms with Gasteiger partial charge in [-0.05, 0) is 31.7 Å². The molecule has 0 saturated heterocycles. The van der Waals surface area contributed by atoms with E-state index in [9.17, 15) is 9.59 Å². The van der Waals surface area contributed by atoms with Crippen LogP contribution in [-0.2, 0) is 24.6 Å². The van der Waals surface area contributed by atoms with Gasteiger partial charge >= 0.3 is 11.9 Å². The van der Waals surface area contributed by atoms with Crippen LogP contribution in [-0.4, -0.2) is 30.9 Å². The summed E-state index contributed by atoms with van der Waals surface area (Å²) in [5.41, 5.74) is 2.19. The van der Waals surface area contributed by atoms with Crippen LogP contribution in [0.4, 0.5) is 0 Å². The maximum Gasteiger partial charge on any atom is 0.308 e. The first-order valence-electron chi connectivity index (χ1n) is 10.00. The van der Waals surface area contributed by atoms with Crippen LogP contribution in [0, 0.1) is 0 Å². The summed E-state index contributed by atoms with van der Waals surface area (Å²) in [7, 11) is 0. The third-order valence-corrected chi connectivity index (χ3v) is 4.90. The van der Waals surface area contributed by atoms with Crippen LogP contribution >= 0.6 is 0 Å². The monoisotopic (exact) mass is 373 g/mol. The summed E-state index contributed by atoms with van der Waals surface area (Å²) in [6, 6.07) is 7.92. The predicted octanol–water partition coefficient (Wildman–Crippen LogP) is 4.56. The van der Waals surface area contributed by atoms with Gasteiger partial charge in [-0.1, -0.05) is 51.0 Å². The molecule has 1 aromatic rings. The summed E-state index contributed by atoms with van der Waals surface area (Å²) in [5, 5.41) is 0. The van der Waals surface area contributed by atoms with E-state index in [4.69, 9.17) is 14.5 Å². The molecule has 1 aliphatic rings. The summed E-state index contributed by atoms with van der Waals surface area (Å²) in [6.07, 6.45) is 4.49. The molecule has 0 amide bonds. The van der Waals surface area contributed by atoms with Crippen molar-refractivity contribution in [3.8, 4) is 0 Å². The van der Waals surface area contributed by atoms with Crippen molar-refractivity contribution in [2.24, 2.45) is 4.99 Å². The minimum Gasteiger partial charge on any atom is -0.466 e. The van der Waals surface area contributed by atoms with Gasteiger partial charge in [-0.3, -0.25) is 14.6 Å². The molecule has 2 rings (SSSR count). The molecule has 27 heavy (non-hydrogen) atoms. The third-order valence-electron chi connectivity index (χ3n) is 4.90. The second kappa shape index (κ2) is 10.2. The number of rotatable bonds is 11. The Kier molecular flexibility index (Phi) is 8.01. The lowest BCUT2D eigenvalue weighted by atomic mass is 9.82. The fraction of sp³-hybridized carbons (Fsp3) is 0.591. The van der Waals surface area contributed by atoms with Gasteiger partial charge in [0.15, 0.2) is 0 Å². The molecule has 1 unspecified atom stereocenters. The largest absolute Gasteiger partial charge is 0.466 e. The number of esters is 2. The van der Waals surface area contributed by atoms with Crippen LogP contribution < -0.4 is 0 Å². The molecule has 0 bridgehead atoms. The average molecular weight is 373 g/mol. The molecular formula is C22H31NO4. The molecule has 1 heterocycles. The van der Waals surface area contributed by atoms with Crippen LogP contribution in [0.15, 0.2) is 29.3 Å². The molecule has 0 aliphatic carbocycles. The standard InChI is InChI=1S/C22H31NO4/c1-4-6-14-26-20(24)12-13-22(16-21(25)27-15-7-5-2)19-11-9-8-10-18(19)17(3)23-22/h8-11H,4-7,12-16H2,1-3H3. The number of benzene rings is 1. The number of nitrogens with zero attached hydrogens (tertiary/aromatic N) is 1. The fourth-order valence-electron chi connectivity index (χ4n) is 3.39. The van der Waals surface area contributed by atoms with E-state index >= 15 is 0 Å². The number of ether oxygens (including phenoxy) is 2. The van der Waals surface area contributed by atoms with Gasteiger partial charge in [-0.2, -0.15) is 0 Å². The van der Waals surface area contributed by atoms with Crippen molar-refractivity contribution >= 4 is 17.7 Å². The second-order valence-electron chi connectivity index (χ2n) is 7.10. The highest BCUT2D eigenvalue weighted by atomic mass is 16.5. The first kappa shape index (κ1) is 21.1. The zero-order valence-corrected chi connectivity index (χ0v) is 16.8. The first-order valence-corrected chi connectivity index (χ1v) is 10.00. The lowest BCUT2D eigenvalue weighted by molar-refractivity contribution is -0.147.